The fourth-order valence-electron chi connectivity index (χ4n) is 3.47. The minimum absolute atomic E-state index is 0.0278. The lowest BCUT2D eigenvalue weighted by molar-refractivity contribution is -0.137. The van der Waals surface area contributed by atoms with E-state index in [2.05, 4.69) is 12.2 Å². The maximum absolute atomic E-state index is 12.9. The van der Waals surface area contributed by atoms with Crippen LogP contribution in [0, 0.1) is 11.8 Å². The van der Waals surface area contributed by atoms with E-state index in [-0.39, 0.29) is 6.04 Å². The molecule has 3 unspecified atom stereocenters. The van der Waals surface area contributed by atoms with Gasteiger partial charge in [0.05, 0.1) is 5.56 Å². The summed E-state index contributed by atoms with van der Waals surface area (Å²) < 4.78 is 38.7. The van der Waals surface area contributed by atoms with Crippen LogP contribution in [0.25, 0.3) is 0 Å². The summed E-state index contributed by atoms with van der Waals surface area (Å²) in [6.07, 6.45) is 0.323. The fraction of sp³-hybridized carbons (Fsp3) is 0.647. The van der Waals surface area contributed by atoms with Crippen molar-refractivity contribution in [2.24, 2.45) is 11.8 Å². The van der Waals surface area contributed by atoms with Crippen molar-refractivity contribution in [1.29, 1.82) is 0 Å². The van der Waals surface area contributed by atoms with Crippen LogP contribution in [0.2, 0.25) is 0 Å². The molecule has 1 aliphatic rings. The Balaban J connectivity index is 2.25. The smallest absolute Gasteiger partial charge is 0.310 e. The number of nitrogens with one attached hydrogen (secondary N) is 1. The molecule has 0 radical (unpaired) electrons. The first-order chi connectivity index (χ1) is 9.91. The van der Waals surface area contributed by atoms with Gasteiger partial charge in [0.2, 0.25) is 0 Å². The van der Waals surface area contributed by atoms with Crippen LogP contribution in [-0.4, -0.2) is 6.54 Å². The van der Waals surface area contributed by atoms with Gasteiger partial charge in [-0.1, -0.05) is 38.8 Å². The normalized spacial score (nSPS) is 24.8. The zero-order valence-electron chi connectivity index (χ0n) is 12.7. The Bertz CT molecular complexity index is 456. The average molecular weight is 299 g/mol. The van der Waals surface area contributed by atoms with Crippen LogP contribution in [0.5, 0.6) is 0 Å². The molecule has 118 valence electrons. The third-order valence-corrected chi connectivity index (χ3v) is 4.45. The van der Waals surface area contributed by atoms with Crippen LogP contribution in [0.4, 0.5) is 13.2 Å². The molecule has 0 aliphatic heterocycles. The summed E-state index contributed by atoms with van der Waals surface area (Å²) in [4.78, 5) is 0. The van der Waals surface area contributed by atoms with Crippen LogP contribution >= 0.6 is 0 Å². The molecule has 1 aromatic rings. The van der Waals surface area contributed by atoms with Crippen molar-refractivity contribution < 1.29 is 13.2 Å². The Morgan fingerprint density at radius 2 is 2.05 bits per heavy atom. The van der Waals surface area contributed by atoms with E-state index in [0.717, 1.165) is 31.0 Å². The van der Waals surface area contributed by atoms with E-state index < -0.39 is 11.7 Å². The van der Waals surface area contributed by atoms with Gasteiger partial charge < -0.3 is 5.32 Å². The van der Waals surface area contributed by atoms with Crippen molar-refractivity contribution in [3.8, 4) is 0 Å². The number of hydrogen-bond donors (Lipinski definition) is 1. The van der Waals surface area contributed by atoms with Gasteiger partial charge in [-0.2, -0.15) is 13.2 Å². The largest absolute Gasteiger partial charge is 0.416 e. The molecule has 0 heterocycles. The highest BCUT2D eigenvalue weighted by Crippen LogP contribution is 2.38. The summed E-state index contributed by atoms with van der Waals surface area (Å²) in [6, 6.07) is 5.83. The number of benzene rings is 1. The highest BCUT2D eigenvalue weighted by Gasteiger charge is 2.32. The van der Waals surface area contributed by atoms with E-state index in [0.29, 0.717) is 11.8 Å². The fourth-order valence-corrected chi connectivity index (χ4v) is 3.47. The van der Waals surface area contributed by atoms with Crippen LogP contribution in [0.15, 0.2) is 24.3 Å². The molecule has 0 aromatic heterocycles. The van der Waals surface area contributed by atoms with Crippen molar-refractivity contribution >= 4 is 0 Å². The highest BCUT2D eigenvalue weighted by atomic mass is 19.4. The summed E-state index contributed by atoms with van der Waals surface area (Å²) in [5, 5.41) is 3.40. The van der Waals surface area contributed by atoms with Gasteiger partial charge in [-0.05, 0) is 48.9 Å². The second-order valence-electron chi connectivity index (χ2n) is 6.19. The van der Waals surface area contributed by atoms with Gasteiger partial charge in [-0.3, -0.25) is 0 Å². The number of hydrogen-bond acceptors (Lipinski definition) is 1. The van der Waals surface area contributed by atoms with Crippen LogP contribution in [0.1, 0.15) is 56.7 Å². The molecule has 0 amide bonds. The standard InChI is InChI=1S/C17H24F3N/c1-3-21-16(13-7-4-6-12(2)10-13)14-8-5-9-15(11-14)17(18,19)20/h5,8-9,11-13,16,21H,3-4,6-7,10H2,1-2H3. The summed E-state index contributed by atoms with van der Waals surface area (Å²) >= 11 is 0. The van der Waals surface area contributed by atoms with E-state index in [9.17, 15) is 13.2 Å². The van der Waals surface area contributed by atoms with E-state index in [1.165, 1.54) is 25.0 Å². The van der Waals surface area contributed by atoms with Gasteiger partial charge in [-0.25, -0.2) is 0 Å². The van der Waals surface area contributed by atoms with Crippen molar-refractivity contribution in [1.82, 2.24) is 5.32 Å². The molecule has 0 saturated heterocycles. The third-order valence-electron chi connectivity index (χ3n) is 4.45. The van der Waals surface area contributed by atoms with Gasteiger partial charge in [0.25, 0.3) is 0 Å². The molecule has 1 nitrogen and oxygen atoms in total. The zero-order valence-corrected chi connectivity index (χ0v) is 12.7. The lowest BCUT2D eigenvalue weighted by Gasteiger charge is -2.34. The van der Waals surface area contributed by atoms with Crippen LogP contribution in [-0.2, 0) is 6.18 Å². The van der Waals surface area contributed by atoms with Crippen molar-refractivity contribution in [2.75, 3.05) is 6.54 Å². The molecule has 1 aromatic carbocycles. The molecule has 3 atom stereocenters. The Morgan fingerprint density at radius 1 is 1.29 bits per heavy atom. The topological polar surface area (TPSA) is 12.0 Å². The molecular formula is C17H24F3N. The lowest BCUT2D eigenvalue weighted by Crippen LogP contribution is -2.31. The first-order valence-electron chi connectivity index (χ1n) is 7.82. The molecule has 1 N–H and O–H groups in total. The van der Waals surface area contributed by atoms with Gasteiger partial charge >= 0.3 is 6.18 Å². The van der Waals surface area contributed by atoms with Gasteiger partial charge in [0.15, 0.2) is 0 Å². The molecule has 1 fully saturated rings. The second-order valence-corrected chi connectivity index (χ2v) is 6.19. The molecular weight excluding hydrogens is 275 g/mol. The Morgan fingerprint density at radius 3 is 2.67 bits per heavy atom. The SMILES string of the molecule is CCNC(c1cccc(C(F)(F)F)c1)C1CCCC(C)C1. The van der Waals surface area contributed by atoms with Crippen LogP contribution < -0.4 is 5.32 Å². The molecule has 21 heavy (non-hydrogen) atoms. The summed E-state index contributed by atoms with van der Waals surface area (Å²) in [5.41, 5.74) is 0.220. The highest BCUT2D eigenvalue weighted by molar-refractivity contribution is 5.28. The number of alkyl halides is 3. The predicted octanol–water partition coefficient (Wildman–Crippen LogP) is 5.18. The minimum atomic E-state index is -4.27. The van der Waals surface area contributed by atoms with E-state index in [1.54, 1.807) is 0 Å². The Labute approximate surface area is 124 Å². The lowest BCUT2D eigenvalue weighted by atomic mass is 9.76. The number of halogens is 3. The summed E-state index contributed by atoms with van der Waals surface area (Å²) in [7, 11) is 0. The monoisotopic (exact) mass is 299 g/mol. The molecule has 2 rings (SSSR count). The van der Waals surface area contributed by atoms with Crippen molar-refractivity contribution in [2.45, 2.75) is 51.7 Å². The molecule has 0 spiro atoms. The van der Waals surface area contributed by atoms with Crippen molar-refractivity contribution in [3.05, 3.63) is 35.4 Å². The maximum Gasteiger partial charge on any atom is 0.416 e. The quantitative estimate of drug-likeness (QED) is 0.807. The van der Waals surface area contributed by atoms with Gasteiger partial charge in [-0.15, -0.1) is 0 Å². The maximum atomic E-state index is 12.9. The third kappa shape index (κ3) is 4.22. The molecule has 0 bridgehead atoms. The van der Waals surface area contributed by atoms with E-state index >= 15 is 0 Å². The molecule has 4 heteroatoms. The van der Waals surface area contributed by atoms with E-state index in [4.69, 9.17) is 0 Å². The summed E-state index contributed by atoms with van der Waals surface area (Å²) in [5.74, 6) is 1.09. The summed E-state index contributed by atoms with van der Waals surface area (Å²) in [6.45, 7) is 5.01. The molecule has 1 aliphatic carbocycles. The average Bonchev–Trinajstić information content (AvgIpc) is 2.44. The van der Waals surface area contributed by atoms with E-state index in [1.807, 2.05) is 13.0 Å². The first-order valence-corrected chi connectivity index (χ1v) is 7.82. The number of rotatable bonds is 4. The van der Waals surface area contributed by atoms with Gasteiger partial charge in [0, 0.05) is 6.04 Å². The second kappa shape index (κ2) is 6.82. The van der Waals surface area contributed by atoms with Gasteiger partial charge in [0.1, 0.15) is 0 Å². The minimum Gasteiger partial charge on any atom is -0.310 e. The zero-order chi connectivity index (χ0) is 15.5. The molecule has 1 saturated carbocycles. The Kier molecular flexibility index (Phi) is 5.31. The predicted molar refractivity (Wildman–Crippen MR) is 79.0 cm³/mol. The van der Waals surface area contributed by atoms with Crippen molar-refractivity contribution in [3.63, 3.8) is 0 Å². The Hall–Kier alpha value is -1.03. The first kappa shape index (κ1) is 16.3. The van der Waals surface area contributed by atoms with Crippen LogP contribution in [0.3, 0.4) is 0 Å².